The molecule has 12 heavy (non-hydrogen) atoms. The van der Waals surface area contributed by atoms with Crippen LogP contribution in [0.2, 0.25) is 0 Å². The zero-order valence-electron chi connectivity index (χ0n) is 7.25. The molecule has 4 heteroatoms. The minimum atomic E-state index is -0.102. The maximum Gasteiger partial charge on any atom is 0.316 e. The molecule has 0 aromatic carbocycles. The number of carbonyl (C=O) groups excluding carboxylic acids is 1. The summed E-state index contributed by atoms with van der Waals surface area (Å²) in [4.78, 5) is 11.0. The molecule has 0 saturated carbocycles. The third kappa shape index (κ3) is 3.45. The molecule has 3 nitrogen and oxygen atoms in total. The van der Waals surface area contributed by atoms with Gasteiger partial charge in [-0.1, -0.05) is 0 Å². The van der Waals surface area contributed by atoms with Gasteiger partial charge in [-0.25, -0.2) is 0 Å². The number of carbonyl (C=O) groups is 1. The highest BCUT2D eigenvalue weighted by Gasteiger charge is 2.17. The van der Waals surface area contributed by atoms with Gasteiger partial charge in [0.25, 0.3) is 0 Å². The van der Waals surface area contributed by atoms with E-state index < -0.39 is 0 Å². The molecule has 0 amide bonds. The Balaban J connectivity index is 2.15. The lowest BCUT2D eigenvalue weighted by Gasteiger charge is -2.21. The standard InChI is InChI=1S/C8H14O3S/c1-12-6-8(9)11-7-2-4-10-5-3-7/h7H,2-6H2,1H3. The highest BCUT2D eigenvalue weighted by molar-refractivity contribution is 7.99. The predicted octanol–water partition coefficient (Wildman–Crippen LogP) is 1.07. The SMILES string of the molecule is CSCC(=O)OC1CCOCC1. The second-order valence-corrected chi connectivity index (χ2v) is 3.60. The van der Waals surface area contributed by atoms with Crippen molar-refractivity contribution in [1.82, 2.24) is 0 Å². The number of ether oxygens (including phenoxy) is 2. The van der Waals surface area contributed by atoms with Crippen LogP contribution in [0.5, 0.6) is 0 Å². The second-order valence-electron chi connectivity index (χ2n) is 2.73. The van der Waals surface area contributed by atoms with E-state index in [0.29, 0.717) is 5.75 Å². The molecule has 1 aliphatic heterocycles. The van der Waals surface area contributed by atoms with Gasteiger partial charge >= 0.3 is 5.97 Å². The van der Waals surface area contributed by atoms with Crippen molar-refractivity contribution < 1.29 is 14.3 Å². The summed E-state index contributed by atoms with van der Waals surface area (Å²) in [5, 5.41) is 0. The minimum Gasteiger partial charge on any atom is -0.462 e. The highest BCUT2D eigenvalue weighted by atomic mass is 32.2. The van der Waals surface area contributed by atoms with Crippen molar-refractivity contribution in [3.8, 4) is 0 Å². The molecule has 0 N–H and O–H groups in total. The van der Waals surface area contributed by atoms with Crippen LogP contribution in [0.25, 0.3) is 0 Å². The van der Waals surface area contributed by atoms with Crippen LogP contribution in [-0.2, 0) is 14.3 Å². The average molecular weight is 190 g/mol. The van der Waals surface area contributed by atoms with Crippen LogP contribution in [-0.4, -0.2) is 37.3 Å². The Morgan fingerprint density at radius 2 is 2.25 bits per heavy atom. The van der Waals surface area contributed by atoms with Crippen LogP contribution in [0, 0.1) is 0 Å². The van der Waals surface area contributed by atoms with E-state index in [1.54, 1.807) is 0 Å². The van der Waals surface area contributed by atoms with E-state index >= 15 is 0 Å². The first kappa shape index (κ1) is 9.86. The summed E-state index contributed by atoms with van der Waals surface area (Å²) in [6.07, 6.45) is 3.68. The maximum atomic E-state index is 11.0. The Bertz CT molecular complexity index is 143. The van der Waals surface area contributed by atoms with Gasteiger partial charge < -0.3 is 9.47 Å². The molecule has 0 unspecified atom stereocenters. The first-order valence-corrected chi connectivity index (χ1v) is 5.48. The van der Waals surface area contributed by atoms with Crippen LogP contribution < -0.4 is 0 Å². The molecule has 0 spiro atoms. The number of esters is 1. The first-order valence-electron chi connectivity index (χ1n) is 4.09. The number of thioether (sulfide) groups is 1. The van der Waals surface area contributed by atoms with Gasteiger partial charge in [-0.15, -0.1) is 0 Å². The Labute approximate surface area is 76.8 Å². The van der Waals surface area contributed by atoms with Crippen LogP contribution in [0.3, 0.4) is 0 Å². The molecule has 0 bridgehead atoms. The molecule has 0 radical (unpaired) electrons. The van der Waals surface area contributed by atoms with Crippen molar-refractivity contribution in [1.29, 1.82) is 0 Å². The van der Waals surface area contributed by atoms with Crippen molar-refractivity contribution in [2.75, 3.05) is 25.2 Å². The summed E-state index contributed by atoms with van der Waals surface area (Å²) in [5.74, 6) is 0.353. The normalized spacial score (nSPS) is 19.1. The zero-order valence-corrected chi connectivity index (χ0v) is 8.06. The Morgan fingerprint density at radius 3 is 2.83 bits per heavy atom. The molecule has 1 heterocycles. The molecule has 0 aliphatic carbocycles. The van der Waals surface area contributed by atoms with E-state index in [1.165, 1.54) is 11.8 Å². The van der Waals surface area contributed by atoms with Gasteiger partial charge in [-0.2, -0.15) is 11.8 Å². The largest absolute Gasteiger partial charge is 0.462 e. The Kier molecular flexibility index (Phi) is 4.46. The van der Waals surface area contributed by atoms with E-state index in [4.69, 9.17) is 9.47 Å². The number of hydrogen-bond donors (Lipinski definition) is 0. The highest BCUT2D eigenvalue weighted by Crippen LogP contribution is 2.11. The Morgan fingerprint density at radius 1 is 1.58 bits per heavy atom. The summed E-state index contributed by atoms with van der Waals surface area (Å²) in [6, 6.07) is 0. The molecule has 1 aliphatic rings. The molecule has 1 saturated heterocycles. The van der Waals surface area contributed by atoms with Crippen molar-refractivity contribution >= 4 is 17.7 Å². The summed E-state index contributed by atoms with van der Waals surface area (Å²) < 4.78 is 10.3. The van der Waals surface area contributed by atoms with E-state index in [2.05, 4.69) is 0 Å². The van der Waals surface area contributed by atoms with Gasteiger partial charge in [0.2, 0.25) is 0 Å². The van der Waals surface area contributed by atoms with E-state index in [-0.39, 0.29) is 12.1 Å². The van der Waals surface area contributed by atoms with Gasteiger partial charge in [-0.3, -0.25) is 4.79 Å². The number of rotatable bonds is 3. The fraction of sp³-hybridized carbons (Fsp3) is 0.875. The molecule has 1 rings (SSSR count). The van der Waals surface area contributed by atoms with Gasteiger partial charge in [0, 0.05) is 12.8 Å². The fourth-order valence-electron chi connectivity index (χ4n) is 1.13. The van der Waals surface area contributed by atoms with E-state index in [1.807, 2.05) is 6.26 Å². The van der Waals surface area contributed by atoms with Crippen molar-refractivity contribution in [2.45, 2.75) is 18.9 Å². The third-order valence-corrected chi connectivity index (χ3v) is 2.25. The zero-order chi connectivity index (χ0) is 8.81. The summed E-state index contributed by atoms with van der Waals surface area (Å²) in [5.41, 5.74) is 0. The lowest BCUT2D eigenvalue weighted by molar-refractivity contribution is -0.149. The fourth-order valence-corrected chi connectivity index (χ4v) is 1.44. The summed E-state index contributed by atoms with van der Waals surface area (Å²) in [6.45, 7) is 1.44. The van der Waals surface area contributed by atoms with Crippen molar-refractivity contribution in [2.24, 2.45) is 0 Å². The molecule has 0 aromatic rings. The molecular weight excluding hydrogens is 176 g/mol. The molecule has 0 aromatic heterocycles. The van der Waals surface area contributed by atoms with Gasteiger partial charge in [0.1, 0.15) is 6.10 Å². The first-order chi connectivity index (χ1) is 5.83. The lowest BCUT2D eigenvalue weighted by atomic mass is 10.2. The molecular formula is C8H14O3S. The van der Waals surface area contributed by atoms with Crippen LogP contribution >= 0.6 is 11.8 Å². The number of hydrogen-bond acceptors (Lipinski definition) is 4. The minimum absolute atomic E-state index is 0.0957. The third-order valence-electron chi connectivity index (χ3n) is 1.73. The van der Waals surface area contributed by atoms with Crippen molar-refractivity contribution in [3.63, 3.8) is 0 Å². The quantitative estimate of drug-likeness (QED) is 0.624. The maximum absolute atomic E-state index is 11.0. The van der Waals surface area contributed by atoms with Crippen LogP contribution in [0.1, 0.15) is 12.8 Å². The topological polar surface area (TPSA) is 35.5 Å². The van der Waals surface area contributed by atoms with E-state index in [0.717, 1.165) is 26.1 Å². The van der Waals surface area contributed by atoms with Gasteiger partial charge in [0.15, 0.2) is 0 Å². The average Bonchev–Trinajstić information content (AvgIpc) is 2.06. The lowest BCUT2D eigenvalue weighted by Crippen LogP contribution is -2.26. The molecule has 0 atom stereocenters. The van der Waals surface area contributed by atoms with E-state index in [9.17, 15) is 4.79 Å². The van der Waals surface area contributed by atoms with Gasteiger partial charge in [-0.05, 0) is 6.26 Å². The second kappa shape index (κ2) is 5.43. The molecule has 1 fully saturated rings. The van der Waals surface area contributed by atoms with Gasteiger partial charge in [0.05, 0.1) is 19.0 Å². The Hall–Kier alpha value is -0.220. The van der Waals surface area contributed by atoms with Crippen LogP contribution in [0.4, 0.5) is 0 Å². The summed E-state index contributed by atoms with van der Waals surface area (Å²) in [7, 11) is 0. The van der Waals surface area contributed by atoms with Crippen molar-refractivity contribution in [3.05, 3.63) is 0 Å². The molecule has 70 valence electrons. The van der Waals surface area contributed by atoms with Crippen LogP contribution in [0.15, 0.2) is 0 Å². The smallest absolute Gasteiger partial charge is 0.316 e. The monoisotopic (exact) mass is 190 g/mol. The summed E-state index contributed by atoms with van der Waals surface area (Å²) >= 11 is 1.49. The predicted molar refractivity (Wildman–Crippen MR) is 48.3 cm³/mol.